The van der Waals surface area contributed by atoms with E-state index in [0.29, 0.717) is 0 Å². The van der Waals surface area contributed by atoms with Crippen LogP contribution in [0.2, 0.25) is 0 Å². The summed E-state index contributed by atoms with van der Waals surface area (Å²) in [5, 5.41) is 5.17. The van der Waals surface area contributed by atoms with Gasteiger partial charge in [-0.2, -0.15) is 0 Å². The highest BCUT2D eigenvalue weighted by molar-refractivity contribution is 6.31. The molecule has 1 aliphatic carbocycles. The largest absolute Gasteiger partial charge is 0.0622 e. The van der Waals surface area contributed by atoms with Crippen molar-refractivity contribution in [2.45, 2.75) is 6.42 Å². The zero-order valence-corrected chi connectivity index (χ0v) is 23.9. The molecule has 0 saturated heterocycles. The molecular formula is C43H30. The Labute approximate surface area is 252 Å². The van der Waals surface area contributed by atoms with Crippen molar-refractivity contribution in [2.24, 2.45) is 0 Å². The van der Waals surface area contributed by atoms with Gasteiger partial charge in [0, 0.05) is 0 Å². The lowest BCUT2D eigenvalue weighted by atomic mass is 9.83. The van der Waals surface area contributed by atoms with Gasteiger partial charge in [-0.25, -0.2) is 0 Å². The van der Waals surface area contributed by atoms with Crippen molar-refractivity contribution in [1.29, 1.82) is 0 Å². The minimum Gasteiger partial charge on any atom is -0.0622 e. The maximum atomic E-state index is 2.32. The third-order valence-corrected chi connectivity index (χ3v) is 8.75. The van der Waals surface area contributed by atoms with Crippen LogP contribution in [0.4, 0.5) is 0 Å². The average molecular weight is 547 g/mol. The van der Waals surface area contributed by atoms with Crippen LogP contribution in [0, 0.1) is 0 Å². The van der Waals surface area contributed by atoms with Crippen LogP contribution in [0.15, 0.2) is 170 Å². The molecule has 43 heavy (non-hydrogen) atoms. The van der Waals surface area contributed by atoms with E-state index in [1.165, 1.54) is 77.2 Å². The van der Waals surface area contributed by atoms with Crippen LogP contribution in [0.25, 0.3) is 55.0 Å². The van der Waals surface area contributed by atoms with E-state index in [2.05, 4.69) is 170 Å². The number of fused-ring (bicyclic) bond motifs is 2. The number of allylic oxidation sites excluding steroid dienone is 4. The Kier molecular flexibility index (Phi) is 6.31. The molecule has 0 aliphatic heterocycles. The van der Waals surface area contributed by atoms with E-state index in [9.17, 15) is 0 Å². The van der Waals surface area contributed by atoms with Gasteiger partial charge in [-0.15, -0.1) is 0 Å². The Hall–Kier alpha value is -5.46. The van der Waals surface area contributed by atoms with Crippen molar-refractivity contribution in [2.75, 3.05) is 0 Å². The normalized spacial score (nSPS) is 13.3. The van der Waals surface area contributed by atoms with Crippen LogP contribution in [-0.4, -0.2) is 0 Å². The van der Waals surface area contributed by atoms with Gasteiger partial charge in [0.25, 0.3) is 0 Å². The fraction of sp³-hybridized carbons (Fsp3) is 0.0233. The van der Waals surface area contributed by atoms with Crippen molar-refractivity contribution in [3.05, 3.63) is 192 Å². The molecule has 0 fully saturated rings. The smallest absolute Gasteiger partial charge is 0.0000660 e. The lowest BCUT2D eigenvalue weighted by Gasteiger charge is -2.20. The molecule has 202 valence electrons. The summed E-state index contributed by atoms with van der Waals surface area (Å²) >= 11 is 0. The Balaban J connectivity index is 1.52. The summed E-state index contributed by atoms with van der Waals surface area (Å²) in [6, 6.07) is 61.7. The maximum absolute atomic E-state index is 2.32. The monoisotopic (exact) mass is 546 g/mol. The molecule has 0 N–H and O–H groups in total. The Morgan fingerprint density at radius 1 is 0.256 bits per heavy atom. The topological polar surface area (TPSA) is 0 Å². The first-order chi connectivity index (χ1) is 21.4. The van der Waals surface area contributed by atoms with Gasteiger partial charge in [0.05, 0.1) is 0 Å². The van der Waals surface area contributed by atoms with Crippen LogP contribution in [0.1, 0.15) is 28.7 Å². The molecule has 0 heteroatoms. The molecule has 7 aromatic carbocycles. The molecule has 0 nitrogen and oxygen atoms in total. The van der Waals surface area contributed by atoms with Crippen molar-refractivity contribution in [3.63, 3.8) is 0 Å². The maximum Gasteiger partial charge on any atom is -0.0000660 e. The lowest BCUT2D eigenvalue weighted by Crippen LogP contribution is -1.95. The molecule has 0 aromatic heterocycles. The second-order valence-corrected chi connectivity index (χ2v) is 11.2. The molecule has 1 aliphatic rings. The van der Waals surface area contributed by atoms with Gasteiger partial charge < -0.3 is 0 Å². The molecule has 0 radical (unpaired) electrons. The molecule has 0 unspecified atom stereocenters. The highest BCUT2D eigenvalue weighted by Crippen LogP contribution is 2.54. The molecule has 0 saturated carbocycles. The van der Waals surface area contributed by atoms with Crippen molar-refractivity contribution >= 4 is 43.8 Å². The average Bonchev–Trinajstić information content (AvgIpc) is 3.49. The molecule has 8 rings (SSSR count). The highest BCUT2D eigenvalue weighted by atomic mass is 14.3. The molecule has 7 aromatic rings. The zero-order valence-electron chi connectivity index (χ0n) is 23.9. The summed E-state index contributed by atoms with van der Waals surface area (Å²) in [6.45, 7) is 0. The van der Waals surface area contributed by atoms with Crippen molar-refractivity contribution in [1.82, 2.24) is 0 Å². The summed E-state index contributed by atoms with van der Waals surface area (Å²) < 4.78 is 0. The molecule has 0 amide bonds. The Bertz CT molecular complexity index is 2090. The molecule has 0 heterocycles. The van der Waals surface area contributed by atoms with Gasteiger partial charge >= 0.3 is 0 Å². The number of hydrogen-bond acceptors (Lipinski definition) is 0. The van der Waals surface area contributed by atoms with E-state index in [0.717, 1.165) is 6.42 Å². The SMILES string of the molecule is c1ccc(C2=C(c3ccccc3)C(c3ccccc3)=C(c3c4ccccc4c(-c4ccccc4)c4ccccc34)C2)cc1. The number of rotatable bonds is 5. The first-order valence-corrected chi connectivity index (χ1v) is 15.0. The van der Waals surface area contributed by atoms with Gasteiger partial charge in [0.2, 0.25) is 0 Å². The van der Waals surface area contributed by atoms with E-state index in [1.54, 1.807) is 0 Å². The van der Waals surface area contributed by atoms with Crippen LogP contribution < -0.4 is 0 Å². The van der Waals surface area contributed by atoms with Gasteiger partial charge in [0.15, 0.2) is 0 Å². The third-order valence-electron chi connectivity index (χ3n) is 8.75. The predicted octanol–water partition coefficient (Wildman–Crippen LogP) is 11.6. The Morgan fingerprint density at radius 2 is 0.581 bits per heavy atom. The summed E-state index contributed by atoms with van der Waals surface area (Å²) in [5.74, 6) is 0. The molecule has 0 atom stereocenters. The quantitative estimate of drug-likeness (QED) is 0.188. The molecular weight excluding hydrogens is 516 g/mol. The van der Waals surface area contributed by atoms with E-state index in [4.69, 9.17) is 0 Å². The number of benzene rings is 7. The van der Waals surface area contributed by atoms with Gasteiger partial charge in [-0.05, 0) is 83.6 Å². The fourth-order valence-electron chi connectivity index (χ4n) is 6.97. The lowest BCUT2D eigenvalue weighted by molar-refractivity contribution is 1.44. The summed E-state index contributed by atoms with van der Waals surface area (Å²) in [5.41, 5.74) is 13.1. The first-order valence-electron chi connectivity index (χ1n) is 15.0. The minimum atomic E-state index is 0.858. The van der Waals surface area contributed by atoms with E-state index in [1.807, 2.05) is 0 Å². The number of hydrogen-bond donors (Lipinski definition) is 0. The summed E-state index contributed by atoms with van der Waals surface area (Å²) in [6.07, 6.45) is 0.858. The van der Waals surface area contributed by atoms with E-state index in [-0.39, 0.29) is 0 Å². The van der Waals surface area contributed by atoms with Crippen LogP contribution in [0.5, 0.6) is 0 Å². The van der Waals surface area contributed by atoms with Crippen molar-refractivity contribution in [3.8, 4) is 11.1 Å². The van der Waals surface area contributed by atoms with Crippen LogP contribution in [0.3, 0.4) is 0 Å². The van der Waals surface area contributed by atoms with Crippen molar-refractivity contribution < 1.29 is 0 Å². The Morgan fingerprint density at radius 3 is 1.02 bits per heavy atom. The van der Waals surface area contributed by atoms with Crippen LogP contribution >= 0.6 is 0 Å². The second-order valence-electron chi connectivity index (χ2n) is 11.2. The van der Waals surface area contributed by atoms with E-state index < -0.39 is 0 Å². The molecule has 0 bridgehead atoms. The molecule has 0 spiro atoms. The zero-order chi connectivity index (χ0) is 28.6. The first kappa shape index (κ1) is 25.3. The van der Waals surface area contributed by atoms with E-state index >= 15 is 0 Å². The van der Waals surface area contributed by atoms with Gasteiger partial charge in [-0.3, -0.25) is 0 Å². The summed E-state index contributed by atoms with van der Waals surface area (Å²) in [4.78, 5) is 0. The van der Waals surface area contributed by atoms with Crippen LogP contribution in [-0.2, 0) is 0 Å². The minimum absolute atomic E-state index is 0.858. The predicted molar refractivity (Wildman–Crippen MR) is 184 cm³/mol. The van der Waals surface area contributed by atoms with Gasteiger partial charge in [-0.1, -0.05) is 170 Å². The summed E-state index contributed by atoms with van der Waals surface area (Å²) in [7, 11) is 0. The standard InChI is InChI=1S/C43H30/c1-5-17-30(18-6-1)38-29-39(42(33-23-11-4-12-24-33)41(38)32-21-9-3-10-22-32)43-36-27-15-13-25-34(36)40(31-19-7-2-8-20-31)35-26-14-16-28-37(35)43/h1-28H,29H2. The second kappa shape index (κ2) is 10.7. The third kappa shape index (κ3) is 4.31. The van der Waals surface area contributed by atoms with Gasteiger partial charge in [0.1, 0.15) is 0 Å². The highest BCUT2D eigenvalue weighted by Gasteiger charge is 2.30. The fourth-order valence-corrected chi connectivity index (χ4v) is 6.97.